The Balaban J connectivity index is 1.77. The van der Waals surface area contributed by atoms with Crippen LogP contribution in [0.25, 0.3) is 0 Å². The Bertz CT molecular complexity index is 547. The van der Waals surface area contributed by atoms with Crippen LogP contribution >= 0.6 is 0 Å². The number of rotatable bonds is 3. The number of benzene rings is 1. The first-order chi connectivity index (χ1) is 9.75. The van der Waals surface area contributed by atoms with E-state index < -0.39 is 6.10 Å². The maximum atomic E-state index is 10.4. The predicted octanol–water partition coefficient (Wildman–Crippen LogP) is 4.72. The van der Waals surface area contributed by atoms with E-state index in [1.54, 1.807) is 6.26 Å². The van der Waals surface area contributed by atoms with Gasteiger partial charge in [-0.2, -0.15) is 0 Å². The van der Waals surface area contributed by atoms with E-state index in [9.17, 15) is 5.11 Å². The number of aryl methyl sites for hydroxylation is 1. The van der Waals surface area contributed by atoms with E-state index in [4.69, 9.17) is 4.42 Å². The summed E-state index contributed by atoms with van der Waals surface area (Å²) in [5, 5.41) is 10.4. The van der Waals surface area contributed by atoms with E-state index >= 15 is 0 Å². The molecule has 1 heterocycles. The third-order valence-corrected chi connectivity index (χ3v) is 4.52. The zero-order valence-electron chi connectivity index (χ0n) is 12.0. The van der Waals surface area contributed by atoms with Crippen LogP contribution in [0, 0.1) is 6.92 Å². The van der Waals surface area contributed by atoms with Crippen molar-refractivity contribution in [2.45, 2.75) is 51.0 Å². The molecule has 0 radical (unpaired) electrons. The van der Waals surface area contributed by atoms with E-state index in [0.717, 1.165) is 16.9 Å². The molecule has 0 amide bonds. The highest BCUT2D eigenvalue weighted by Crippen LogP contribution is 2.33. The fourth-order valence-corrected chi connectivity index (χ4v) is 3.24. The molecule has 0 bridgehead atoms. The van der Waals surface area contributed by atoms with Gasteiger partial charge >= 0.3 is 0 Å². The molecule has 2 heteroatoms. The highest BCUT2D eigenvalue weighted by molar-refractivity contribution is 5.33. The highest BCUT2D eigenvalue weighted by atomic mass is 16.3. The molecule has 0 saturated heterocycles. The zero-order chi connectivity index (χ0) is 13.9. The molecule has 2 aromatic rings. The normalized spacial score (nSPS) is 18.1. The van der Waals surface area contributed by atoms with Gasteiger partial charge in [0.2, 0.25) is 0 Å². The molecule has 1 aromatic heterocycles. The van der Waals surface area contributed by atoms with Crippen molar-refractivity contribution in [3.63, 3.8) is 0 Å². The third kappa shape index (κ3) is 2.66. The SMILES string of the molecule is Cc1occc1C(O)c1ccc(C2CCCCC2)cc1. The van der Waals surface area contributed by atoms with Gasteiger partial charge in [0.05, 0.1) is 6.26 Å². The minimum atomic E-state index is -0.589. The summed E-state index contributed by atoms with van der Waals surface area (Å²) < 4.78 is 5.27. The standard InChI is InChI=1S/C18H22O2/c1-13-17(11-12-20-13)18(19)16-9-7-15(8-10-16)14-5-3-2-4-6-14/h7-12,14,18-19H,2-6H2,1H3. The third-order valence-electron chi connectivity index (χ3n) is 4.52. The van der Waals surface area contributed by atoms with Crippen LogP contribution in [0.5, 0.6) is 0 Å². The van der Waals surface area contributed by atoms with E-state index in [1.165, 1.54) is 37.7 Å². The van der Waals surface area contributed by atoms with Crippen LogP contribution < -0.4 is 0 Å². The van der Waals surface area contributed by atoms with Crippen molar-refractivity contribution < 1.29 is 9.52 Å². The van der Waals surface area contributed by atoms with Gasteiger partial charge in [0.25, 0.3) is 0 Å². The molecule has 1 aliphatic rings. The van der Waals surface area contributed by atoms with Gasteiger partial charge in [0.1, 0.15) is 11.9 Å². The van der Waals surface area contributed by atoms with Crippen LogP contribution in [0.15, 0.2) is 41.0 Å². The smallest absolute Gasteiger partial charge is 0.107 e. The van der Waals surface area contributed by atoms with E-state index in [-0.39, 0.29) is 0 Å². The van der Waals surface area contributed by atoms with Gasteiger partial charge in [0, 0.05) is 5.56 Å². The minimum Gasteiger partial charge on any atom is -0.469 e. The maximum Gasteiger partial charge on any atom is 0.107 e. The van der Waals surface area contributed by atoms with Crippen molar-refractivity contribution in [3.8, 4) is 0 Å². The lowest BCUT2D eigenvalue weighted by atomic mass is 9.83. The monoisotopic (exact) mass is 270 g/mol. The molecule has 1 N–H and O–H groups in total. The van der Waals surface area contributed by atoms with Gasteiger partial charge in [-0.25, -0.2) is 0 Å². The molecule has 106 valence electrons. The number of hydrogen-bond acceptors (Lipinski definition) is 2. The molecule has 1 aromatic carbocycles. The largest absolute Gasteiger partial charge is 0.469 e. The van der Waals surface area contributed by atoms with Gasteiger partial charge in [-0.1, -0.05) is 43.5 Å². The average molecular weight is 270 g/mol. The number of hydrogen-bond donors (Lipinski definition) is 1. The predicted molar refractivity (Wildman–Crippen MR) is 79.8 cm³/mol. The molecule has 0 aliphatic heterocycles. The number of aliphatic hydroxyl groups excluding tert-OH is 1. The first-order valence-electron chi connectivity index (χ1n) is 7.57. The van der Waals surface area contributed by atoms with Crippen molar-refractivity contribution in [2.24, 2.45) is 0 Å². The van der Waals surface area contributed by atoms with Crippen molar-refractivity contribution in [1.29, 1.82) is 0 Å². The molecule has 3 rings (SSSR count). The Morgan fingerprint density at radius 3 is 2.35 bits per heavy atom. The van der Waals surface area contributed by atoms with Crippen LogP contribution in [0.3, 0.4) is 0 Å². The lowest BCUT2D eigenvalue weighted by Gasteiger charge is -2.22. The van der Waals surface area contributed by atoms with E-state index in [1.807, 2.05) is 13.0 Å². The Morgan fingerprint density at radius 2 is 1.75 bits per heavy atom. The molecule has 1 atom stereocenters. The summed E-state index contributed by atoms with van der Waals surface area (Å²) in [6, 6.07) is 10.3. The second-order valence-corrected chi connectivity index (χ2v) is 5.84. The van der Waals surface area contributed by atoms with Gasteiger partial charge in [-0.05, 0) is 42.9 Å². The summed E-state index contributed by atoms with van der Waals surface area (Å²) >= 11 is 0. The lowest BCUT2D eigenvalue weighted by molar-refractivity contribution is 0.218. The molecule has 2 nitrogen and oxygen atoms in total. The van der Waals surface area contributed by atoms with Crippen LogP contribution in [0.4, 0.5) is 0 Å². The average Bonchev–Trinajstić information content (AvgIpc) is 2.94. The molecular formula is C18H22O2. The van der Waals surface area contributed by atoms with Gasteiger partial charge in [0.15, 0.2) is 0 Å². The Morgan fingerprint density at radius 1 is 1.05 bits per heavy atom. The summed E-state index contributed by atoms with van der Waals surface area (Å²) in [6.07, 6.45) is 7.74. The molecule has 1 aliphatic carbocycles. The molecular weight excluding hydrogens is 248 g/mol. The maximum absolute atomic E-state index is 10.4. The summed E-state index contributed by atoms with van der Waals surface area (Å²) in [5.74, 6) is 1.50. The van der Waals surface area contributed by atoms with Crippen molar-refractivity contribution in [3.05, 3.63) is 59.0 Å². The van der Waals surface area contributed by atoms with Crippen LogP contribution in [0.2, 0.25) is 0 Å². The molecule has 1 unspecified atom stereocenters. The molecule has 1 fully saturated rings. The Kier molecular flexibility index (Phi) is 3.93. The van der Waals surface area contributed by atoms with Crippen molar-refractivity contribution >= 4 is 0 Å². The highest BCUT2D eigenvalue weighted by Gasteiger charge is 2.18. The molecule has 0 spiro atoms. The molecule has 1 saturated carbocycles. The summed E-state index contributed by atoms with van der Waals surface area (Å²) in [6.45, 7) is 1.88. The quantitative estimate of drug-likeness (QED) is 0.875. The van der Waals surface area contributed by atoms with Crippen molar-refractivity contribution in [2.75, 3.05) is 0 Å². The summed E-state index contributed by atoms with van der Waals surface area (Å²) in [7, 11) is 0. The Labute approximate surface area is 120 Å². The first-order valence-corrected chi connectivity index (χ1v) is 7.57. The first kappa shape index (κ1) is 13.4. The Hall–Kier alpha value is -1.54. The second-order valence-electron chi connectivity index (χ2n) is 5.84. The molecule has 20 heavy (non-hydrogen) atoms. The topological polar surface area (TPSA) is 33.4 Å². The summed E-state index contributed by atoms with van der Waals surface area (Å²) in [4.78, 5) is 0. The van der Waals surface area contributed by atoms with E-state index in [0.29, 0.717) is 5.92 Å². The minimum absolute atomic E-state index is 0.589. The van der Waals surface area contributed by atoms with Crippen molar-refractivity contribution in [1.82, 2.24) is 0 Å². The van der Waals surface area contributed by atoms with Gasteiger partial charge in [-0.3, -0.25) is 0 Å². The lowest BCUT2D eigenvalue weighted by Crippen LogP contribution is -2.05. The van der Waals surface area contributed by atoms with Crippen LogP contribution in [-0.4, -0.2) is 5.11 Å². The summed E-state index contributed by atoms with van der Waals surface area (Å²) in [5.41, 5.74) is 3.22. The fourth-order valence-electron chi connectivity index (χ4n) is 3.24. The van der Waals surface area contributed by atoms with Gasteiger partial charge < -0.3 is 9.52 Å². The number of aliphatic hydroxyl groups is 1. The number of furan rings is 1. The zero-order valence-corrected chi connectivity index (χ0v) is 12.0. The van der Waals surface area contributed by atoms with Gasteiger partial charge in [-0.15, -0.1) is 0 Å². The second kappa shape index (κ2) is 5.84. The fraction of sp³-hybridized carbons (Fsp3) is 0.444. The van der Waals surface area contributed by atoms with Crippen LogP contribution in [0.1, 0.15) is 66.6 Å². The van der Waals surface area contributed by atoms with Crippen LogP contribution in [-0.2, 0) is 0 Å². The van der Waals surface area contributed by atoms with E-state index in [2.05, 4.69) is 24.3 Å².